The van der Waals surface area contributed by atoms with Crippen molar-refractivity contribution in [3.8, 4) is 0 Å². The Morgan fingerprint density at radius 2 is 2.31 bits per heavy atom. The lowest BCUT2D eigenvalue weighted by Gasteiger charge is -2.39. The fourth-order valence-electron chi connectivity index (χ4n) is 3.23. The first-order valence-electron chi connectivity index (χ1n) is 6.69. The molecule has 0 amide bonds. The summed E-state index contributed by atoms with van der Waals surface area (Å²) in [6.07, 6.45) is 4.07. The molecule has 0 aromatic carbocycles. The molecule has 0 aromatic rings. The fourth-order valence-corrected chi connectivity index (χ4v) is 3.23. The van der Waals surface area contributed by atoms with E-state index in [1.54, 1.807) is 0 Å². The van der Waals surface area contributed by atoms with E-state index >= 15 is 0 Å². The molecule has 2 aliphatic rings. The van der Waals surface area contributed by atoms with Gasteiger partial charge in [-0.2, -0.15) is 0 Å². The number of likely N-dealkylation sites (tertiary alicyclic amines) is 1. The summed E-state index contributed by atoms with van der Waals surface area (Å²) in [5.41, 5.74) is 0.505. The van der Waals surface area contributed by atoms with Crippen LogP contribution in [0.4, 0.5) is 0 Å². The first-order chi connectivity index (χ1) is 7.59. The molecule has 3 heteroatoms. The van der Waals surface area contributed by atoms with Crippen LogP contribution in [0.25, 0.3) is 0 Å². The van der Waals surface area contributed by atoms with Gasteiger partial charge in [-0.05, 0) is 51.9 Å². The molecule has 0 saturated carbocycles. The van der Waals surface area contributed by atoms with Crippen LogP contribution >= 0.6 is 0 Å². The predicted molar refractivity (Wildman–Crippen MR) is 68.7 cm³/mol. The van der Waals surface area contributed by atoms with Crippen molar-refractivity contribution in [1.29, 1.82) is 0 Å². The van der Waals surface area contributed by atoms with E-state index in [2.05, 4.69) is 36.1 Å². The van der Waals surface area contributed by atoms with Crippen molar-refractivity contribution in [3.63, 3.8) is 0 Å². The summed E-state index contributed by atoms with van der Waals surface area (Å²) in [5.74, 6) is 0. The smallest absolute Gasteiger partial charge is 0.0220 e. The summed E-state index contributed by atoms with van der Waals surface area (Å²) in [4.78, 5) is 5.07. The van der Waals surface area contributed by atoms with Gasteiger partial charge >= 0.3 is 0 Å². The first-order valence-corrected chi connectivity index (χ1v) is 6.69. The van der Waals surface area contributed by atoms with Crippen LogP contribution in [0.15, 0.2) is 0 Å². The Hall–Kier alpha value is -0.120. The average molecular weight is 225 g/mol. The van der Waals surface area contributed by atoms with E-state index in [9.17, 15) is 0 Å². The molecule has 94 valence electrons. The molecule has 1 N–H and O–H groups in total. The lowest BCUT2D eigenvalue weighted by Crippen LogP contribution is -2.48. The Kier molecular flexibility index (Phi) is 3.88. The van der Waals surface area contributed by atoms with Crippen LogP contribution in [0.3, 0.4) is 0 Å². The van der Waals surface area contributed by atoms with Crippen molar-refractivity contribution in [2.24, 2.45) is 5.41 Å². The Labute approximate surface area is 100 Å². The van der Waals surface area contributed by atoms with E-state index in [4.69, 9.17) is 0 Å². The van der Waals surface area contributed by atoms with Gasteiger partial charge in [-0.15, -0.1) is 0 Å². The highest BCUT2D eigenvalue weighted by atomic mass is 15.2. The summed E-state index contributed by atoms with van der Waals surface area (Å²) in [5, 5.41) is 3.49. The number of nitrogens with zero attached hydrogens (tertiary/aromatic N) is 2. The molecule has 3 nitrogen and oxygen atoms in total. The number of piperidine rings is 1. The van der Waals surface area contributed by atoms with Gasteiger partial charge in [-0.1, -0.05) is 6.92 Å². The maximum Gasteiger partial charge on any atom is 0.0220 e. The zero-order chi connectivity index (χ0) is 11.6. The van der Waals surface area contributed by atoms with Gasteiger partial charge in [-0.25, -0.2) is 0 Å². The van der Waals surface area contributed by atoms with Crippen molar-refractivity contribution in [3.05, 3.63) is 0 Å². The highest BCUT2D eigenvalue weighted by Gasteiger charge is 2.32. The standard InChI is InChI=1S/C13H27N3/c1-13(6-7-14-10-13)11-16(3)12-5-4-8-15(2)9-12/h12,14H,4-11H2,1-3H3. The van der Waals surface area contributed by atoms with Gasteiger partial charge in [0.25, 0.3) is 0 Å². The number of likely N-dealkylation sites (N-methyl/N-ethyl adjacent to an activating group) is 2. The average Bonchev–Trinajstić information content (AvgIpc) is 2.65. The molecule has 0 radical (unpaired) electrons. The van der Waals surface area contributed by atoms with E-state index in [0.29, 0.717) is 5.41 Å². The molecular formula is C13H27N3. The molecule has 16 heavy (non-hydrogen) atoms. The maximum atomic E-state index is 3.49. The lowest BCUT2D eigenvalue weighted by atomic mass is 9.88. The minimum absolute atomic E-state index is 0.505. The molecule has 2 unspecified atom stereocenters. The van der Waals surface area contributed by atoms with Crippen molar-refractivity contribution >= 4 is 0 Å². The Bertz CT molecular complexity index is 223. The van der Waals surface area contributed by atoms with Crippen LogP contribution in [-0.4, -0.2) is 62.7 Å². The van der Waals surface area contributed by atoms with Crippen LogP contribution in [0.2, 0.25) is 0 Å². The van der Waals surface area contributed by atoms with Crippen LogP contribution in [0.5, 0.6) is 0 Å². The second kappa shape index (κ2) is 5.03. The first kappa shape index (κ1) is 12.3. The number of hydrogen-bond donors (Lipinski definition) is 1. The highest BCUT2D eigenvalue weighted by Crippen LogP contribution is 2.27. The second-order valence-electron chi connectivity index (χ2n) is 6.21. The highest BCUT2D eigenvalue weighted by molar-refractivity contribution is 4.88. The van der Waals surface area contributed by atoms with E-state index in [1.807, 2.05) is 0 Å². The Morgan fingerprint density at radius 3 is 2.94 bits per heavy atom. The van der Waals surface area contributed by atoms with E-state index in [1.165, 1.54) is 52.0 Å². The third-order valence-electron chi connectivity index (χ3n) is 4.31. The van der Waals surface area contributed by atoms with Gasteiger partial charge < -0.3 is 15.1 Å². The largest absolute Gasteiger partial charge is 0.316 e. The quantitative estimate of drug-likeness (QED) is 0.773. The molecule has 0 aliphatic carbocycles. The van der Waals surface area contributed by atoms with Gasteiger partial charge in [0, 0.05) is 25.7 Å². The van der Waals surface area contributed by atoms with Crippen LogP contribution in [0, 0.1) is 5.41 Å². The van der Waals surface area contributed by atoms with Crippen LogP contribution < -0.4 is 5.32 Å². The Morgan fingerprint density at radius 1 is 1.50 bits per heavy atom. The minimum atomic E-state index is 0.505. The molecule has 0 spiro atoms. The number of rotatable bonds is 3. The zero-order valence-corrected chi connectivity index (χ0v) is 11.1. The van der Waals surface area contributed by atoms with E-state index < -0.39 is 0 Å². The van der Waals surface area contributed by atoms with Crippen LogP contribution in [0.1, 0.15) is 26.2 Å². The van der Waals surface area contributed by atoms with Gasteiger partial charge in [0.2, 0.25) is 0 Å². The SMILES string of the molecule is CN1CCCC(N(C)CC2(C)CCNC2)C1. The summed E-state index contributed by atoms with van der Waals surface area (Å²) in [7, 11) is 4.56. The van der Waals surface area contributed by atoms with Gasteiger partial charge in [0.1, 0.15) is 0 Å². The third-order valence-corrected chi connectivity index (χ3v) is 4.31. The molecule has 0 bridgehead atoms. The molecule has 0 aromatic heterocycles. The minimum Gasteiger partial charge on any atom is -0.316 e. The molecule has 2 atom stereocenters. The molecule has 2 fully saturated rings. The molecule has 2 rings (SSSR count). The van der Waals surface area contributed by atoms with Crippen molar-refractivity contribution in [2.75, 3.05) is 46.8 Å². The molecule has 2 aliphatic heterocycles. The number of hydrogen-bond acceptors (Lipinski definition) is 3. The van der Waals surface area contributed by atoms with Gasteiger partial charge in [0.05, 0.1) is 0 Å². The summed E-state index contributed by atoms with van der Waals surface area (Å²) in [6, 6.07) is 0.774. The lowest BCUT2D eigenvalue weighted by molar-refractivity contribution is 0.0994. The van der Waals surface area contributed by atoms with E-state index in [0.717, 1.165) is 6.04 Å². The second-order valence-corrected chi connectivity index (χ2v) is 6.21. The maximum absolute atomic E-state index is 3.49. The van der Waals surface area contributed by atoms with Crippen molar-refractivity contribution in [2.45, 2.75) is 32.2 Å². The molecular weight excluding hydrogens is 198 g/mol. The van der Waals surface area contributed by atoms with Crippen molar-refractivity contribution in [1.82, 2.24) is 15.1 Å². The van der Waals surface area contributed by atoms with Gasteiger partial charge in [0.15, 0.2) is 0 Å². The van der Waals surface area contributed by atoms with Gasteiger partial charge in [-0.3, -0.25) is 0 Å². The third kappa shape index (κ3) is 2.96. The summed E-state index contributed by atoms with van der Waals surface area (Å²) in [6.45, 7) is 8.60. The zero-order valence-electron chi connectivity index (χ0n) is 11.1. The van der Waals surface area contributed by atoms with Crippen molar-refractivity contribution < 1.29 is 0 Å². The predicted octanol–water partition coefficient (Wildman–Crippen LogP) is 1.01. The fraction of sp³-hybridized carbons (Fsp3) is 1.00. The van der Waals surface area contributed by atoms with E-state index in [-0.39, 0.29) is 0 Å². The number of nitrogens with one attached hydrogen (secondary N) is 1. The molecule has 2 saturated heterocycles. The molecule has 2 heterocycles. The topological polar surface area (TPSA) is 18.5 Å². The van der Waals surface area contributed by atoms with Crippen LogP contribution in [-0.2, 0) is 0 Å². The summed E-state index contributed by atoms with van der Waals surface area (Å²) >= 11 is 0. The monoisotopic (exact) mass is 225 g/mol. The Balaban J connectivity index is 1.84. The normalized spacial score (nSPS) is 37.1. The summed E-state index contributed by atoms with van der Waals surface area (Å²) < 4.78 is 0.